The van der Waals surface area contributed by atoms with E-state index in [9.17, 15) is 4.79 Å². The van der Waals surface area contributed by atoms with Gasteiger partial charge in [0.2, 0.25) is 0 Å². The molecule has 4 nitrogen and oxygen atoms in total. The van der Waals surface area contributed by atoms with E-state index in [1.54, 1.807) is 36.7 Å². The summed E-state index contributed by atoms with van der Waals surface area (Å²) in [6.45, 7) is 2.95. The minimum atomic E-state index is -0.470. The maximum absolute atomic E-state index is 11.1. The average Bonchev–Trinajstić information content (AvgIpc) is 2.70. The van der Waals surface area contributed by atoms with Crippen LogP contribution >= 0.6 is 11.6 Å². The quantitative estimate of drug-likeness (QED) is 0.293. The van der Waals surface area contributed by atoms with Crippen molar-refractivity contribution in [2.75, 3.05) is 6.61 Å². The largest absolute Gasteiger partial charge is 0.490 e. The first-order chi connectivity index (χ1) is 13.2. The van der Waals surface area contributed by atoms with Crippen LogP contribution in [0.3, 0.4) is 0 Å². The van der Waals surface area contributed by atoms with Crippen molar-refractivity contribution in [3.05, 3.63) is 42.2 Å². The number of hydrogen-bond donors (Lipinski definition) is 0. The molecular weight excluding hydrogens is 360 g/mol. The molecule has 0 aliphatic rings. The highest BCUT2D eigenvalue weighted by atomic mass is 35.5. The summed E-state index contributed by atoms with van der Waals surface area (Å²) in [6.07, 6.45) is 15.0. The zero-order valence-electron chi connectivity index (χ0n) is 16.1. The fourth-order valence-corrected chi connectivity index (χ4v) is 3.02. The van der Waals surface area contributed by atoms with Crippen LogP contribution in [0.5, 0.6) is 5.75 Å². The number of benzene rings is 1. The first kappa shape index (κ1) is 21.4. The zero-order chi connectivity index (χ0) is 19.3. The number of halogens is 1. The molecule has 1 heterocycles. The molecule has 2 rings (SSSR count). The molecule has 0 bridgehead atoms. The van der Waals surface area contributed by atoms with E-state index in [-0.39, 0.29) is 0 Å². The molecule has 0 amide bonds. The molecule has 27 heavy (non-hydrogen) atoms. The molecule has 0 aliphatic heterocycles. The van der Waals surface area contributed by atoms with Crippen LogP contribution in [0.15, 0.2) is 36.7 Å². The molecule has 0 aliphatic carbocycles. The van der Waals surface area contributed by atoms with Gasteiger partial charge in [0.05, 0.1) is 19.0 Å². The summed E-state index contributed by atoms with van der Waals surface area (Å²) in [5.74, 6) is 1.28. The van der Waals surface area contributed by atoms with Gasteiger partial charge in [-0.05, 0) is 30.2 Å². The second-order valence-corrected chi connectivity index (χ2v) is 7.11. The lowest BCUT2D eigenvalue weighted by Gasteiger charge is -2.06. The minimum Gasteiger partial charge on any atom is -0.490 e. The SMILES string of the molecule is CCCCCCCCCCCOc1cnc(-c2ccc(C(=O)Cl)cc2)nc1. The van der Waals surface area contributed by atoms with Crippen LogP contribution in [-0.4, -0.2) is 21.8 Å². The Balaban J connectivity index is 1.63. The number of nitrogens with zero attached hydrogens (tertiary/aromatic N) is 2. The predicted octanol–water partition coefficient (Wildman–Crippen LogP) is 6.43. The van der Waals surface area contributed by atoms with E-state index in [0.29, 0.717) is 23.7 Å². The molecule has 1 aromatic carbocycles. The van der Waals surface area contributed by atoms with Gasteiger partial charge in [0.15, 0.2) is 11.6 Å². The number of hydrogen-bond acceptors (Lipinski definition) is 4. The maximum Gasteiger partial charge on any atom is 0.252 e. The summed E-state index contributed by atoms with van der Waals surface area (Å²) in [7, 11) is 0. The summed E-state index contributed by atoms with van der Waals surface area (Å²) in [4.78, 5) is 19.8. The Morgan fingerprint density at radius 2 is 1.44 bits per heavy atom. The van der Waals surface area contributed by atoms with Crippen LogP contribution in [0, 0.1) is 0 Å². The lowest BCUT2D eigenvalue weighted by molar-refractivity contribution is 0.108. The van der Waals surface area contributed by atoms with Gasteiger partial charge in [-0.2, -0.15) is 0 Å². The van der Waals surface area contributed by atoms with Gasteiger partial charge in [0, 0.05) is 11.1 Å². The van der Waals surface area contributed by atoms with E-state index >= 15 is 0 Å². The molecule has 0 unspecified atom stereocenters. The lowest BCUT2D eigenvalue weighted by atomic mass is 10.1. The van der Waals surface area contributed by atoms with E-state index in [1.807, 2.05) is 0 Å². The van der Waals surface area contributed by atoms with Gasteiger partial charge >= 0.3 is 0 Å². The molecule has 0 saturated carbocycles. The van der Waals surface area contributed by atoms with E-state index in [0.717, 1.165) is 12.0 Å². The van der Waals surface area contributed by atoms with Crippen molar-refractivity contribution in [2.45, 2.75) is 64.7 Å². The Hall–Kier alpha value is -1.94. The molecule has 0 spiro atoms. The highest BCUT2D eigenvalue weighted by molar-refractivity contribution is 6.67. The Morgan fingerprint density at radius 3 is 2.00 bits per heavy atom. The standard InChI is InChI=1S/C22H29ClN2O2/c1-2-3-4-5-6-7-8-9-10-15-27-20-16-24-22(25-17-20)19-13-11-18(12-14-19)21(23)26/h11-14,16-17H,2-10,15H2,1H3. The third-order valence-electron chi connectivity index (χ3n) is 4.51. The molecule has 0 atom stereocenters. The van der Waals surface area contributed by atoms with Crippen LogP contribution in [0.4, 0.5) is 0 Å². The molecule has 0 fully saturated rings. The van der Waals surface area contributed by atoms with E-state index in [4.69, 9.17) is 16.3 Å². The third kappa shape index (κ3) is 8.08. The van der Waals surface area contributed by atoms with Gasteiger partial charge in [0.25, 0.3) is 5.24 Å². The van der Waals surface area contributed by atoms with Crippen molar-refractivity contribution in [2.24, 2.45) is 0 Å². The summed E-state index contributed by atoms with van der Waals surface area (Å²) >= 11 is 5.45. The van der Waals surface area contributed by atoms with Crippen molar-refractivity contribution in [1.29, 1.82) is 0 Å². The first-order valence-electron chi connectivity index (χ1n) is 9.96. The number of aromatic nitrogens is 2. The molecule has 0 saturated heterocycles. The van der Waals surface area contributed by atoms with Crippen LogP contribution in [0.25, 0.3) is 11.4 Å². The van der Waals surface area contributed by atoms with Crippen LogP contribution < -0.4 is 4.74 Å². The Kier molecular flexibility index (Phi) is 9.85. The van der Waals surface area contributed by atoms with Gasteiger partial charge < -0.3 is 4.74 Å². The predicted molar refractivity (Wildman–Crippen MR) is 110 cm³/mol. The average molecular weight is 389 g/mol. The van der Waals surface area contributed by atoms with Crippen molar-refractivity contribution < 1.29 is 9.53 Å². The number of carbonyl (C=O) groups is 1. The summed E-state index contributed by atoms with van der Waals surface area (Å²) in [5.41, 5.74) is 1.29. The molecule has 0 N–H and O–H groups in total. The van der Waals surface area contributed by atoms with Gasteiger partial charge in [-0.1, -0.05) is 70.4 Å². The molecule has 146 valence electrons. The topological polar surface area (TPSA) is 52.1 Å². The zero-order valence-corrected chi connectivity index (χ0v) is 16.9. The number of unbranched alkanes of at least 4 members (excludes halogenated alkanes) is 8. The second-order valence-electron chi connectivity index (χ2n) is 6.77. The van der Waals surface area contributed by atoms with E-state index in [1.165, 1.54) is 51.4 Å². The molecular formula is C22H29ClN2O2. The second kappa shape index (κ2) is 12.4. The molecule has 0 radical (unpaired) electrons. The number of ether oxygens (including phenoxy) is 1. The van der Waals surface area contributed by atoms with Crippen molar-refractivity contribution in [3.8, 4) is 17.1 Å². The van der Waals surface area contributed by atoms with Gasteiger partial charge in [-0.15, -0.1) is 0 Å². The van der Waals surface area contributed by atoms with E-state index < -0.39 is 5.24 Å². The monoisotopic (exact) mass is 388 g/mol. The van der Waals surface area contributed by atoms with Crippen molar-refractivity contribution >= 4 is 16.8 Å². The molecule has 5 heteroatoms. The maximum atomic E-state index is 11.1. The molecule has 1 aromatic heterocycles. The fraction of sp³-hybridized carbons (Fsp3) is 0.500. The van der Waals surface area contributed by atoms with Gasteiger partial charge in [-0.3, -0.25) is 4.79 Å². The minimum absolute atomic E-state index is 0.460. The fourth-order valence-electron chi connectivity index (χ4n) is 2.89. The van der Waals surface area contributed by atoms with Crippen molar-refractivity contribution in [1.82, 2.24) is 9.97 Å². The summed E-state index contributed by atoms with van der Waals surface area (Å²) in [6, 6.07) is 6.91. The summed E-state index contributed by atoms with van der Waals surface area (Å²) < 4.78 is 5.72. The van der Waals surface area contributed by atoms with Crippen molar-refractivity contribution in [3.63, 3.8) is 0 Å². The van der Waals surface area contributed by atoms with Crippen LogP contribution in [-0.2, 0) is 0 Å². The smallest absolute Gasteiger partial charge is 0.252 e. The van der Waals surface area contributed by atoms with Gasteiger partial charge in [-0.25, -0.2) is 9.97 Å². The van der Waals surface area contributed by atoms with Crippen LogP contribution in [0.1, 0.15) is 75.1 Å². The highest BCUT2D eigenvalue weighted by Crippen LogP contribution is 2.18. The normalized spacial score (nSPS) is 10.7. The summed E-state index contributed by atoms with van der Waals surface area (Å²) in [5, 5.41) is -0.470. The molecule has 2 aromatic rings. The highest BCUT2D eigenvalue weighted by Gasteiger charge is 2.05. The number of rotatable bonds is 13. The third-order valence-corrected chi connectivity index (χ3v) is 4.73. The Bertz CT molecular complexity index is 672. The Morgan fingerprint density at radius 1 is 0.889 bits per heavy atom. The van der Waals surface area contributed by atoms with Crippen LogP contribution in [0.2, 0.25) is 0 Å². The first-order valence-corrected chi connectivity index (χ1v) is 10.3. The van der Waals surface area contributed by atoms with Gasteiger partial charge in [0.1, 0.15) is 0 Å². The lowest BCUT2D eigenvalue weighted by Crippen LogP contribution is -1.99. The van der Waals surface area contributed by atoms with E-state index in [2.05, 4.69) is 16.9 Å². The number of carbonyl (C=O) groups excluding carboxylic acids is 1. The Labute approximate surface area is 167 Å².